The van der Waals surface area contributed by atoms with Crippen molar-refractivity contribution < 1.29 is 14.4 Å². The van der Waals surface area contributed by atoms with E-state index in [1.54, 1.807) is 36.5 Å². The molecule has 2 aromatic rings. The van der Waals surface area contributed by atoms with Crippen molar-refractivity contribution in [2.24, 2.45) is 0 Å². The highest BCUT2D eigenvalue weighted by Gasteiger charge is 2.27. The Labute approximate surface area is 144 Å². The van der Waals surface area contributed by atoms with Gasteiger partial charge in [0.15, 0.2) is 0 Å². The molecule has 0 radical (unpaired) electrons. The number of fused-ring (bicyclic) bond motifs is 1. The minimum absolute atomic E-state index is 0.0876. The molecule has 3 rings (SSSR count). The third-order valence-corrected chi connectivity index (χ3v) is 3.89. The SMILES string of the molecule is Cc1ccc(NC(=O)CC[C@@H]2NC(=O)c3ccccc3NC2=O)nc1. The second-order valence-electron chi connectivity index (χ2n) is 5.87. The van der Waals surface area contributed by atoms with Crippen molar-refractivity contribution in [2.45, 2.75) is 25.8 Å². The molecule has 7 nitrogen and oxygen atoms in total. The standard InChI is InChI=1S/C18H18N4O3/c1-11-6-8-15(19-10-11)22-16(23)9-7-14-18(25)20-13-5-3-2-4-12(13)17(24)21-14/h2-6,8,10,14H,7,9H2,1H3,(H,20,25)(H,21,24)(H,19,22,23)/t14-/m0/s1. The molecule has 1 aromatic carbocycles. The van der Waals surface area contributed by atoms with E-state index in [1.165, 1.54) is 0 Å². The van der Waals surface area contributed by atoms with Crippen LogP contribution in [0.4, 0.5) is 11.5 Å². The van der Waals surface area contributed by atoms with Gasteiger partial charge in [0.05, 0.1) is 11.3 Å². The van der Waals surface area contributed by atoms with Crippen molar-refractivity contribution in [3.63, 3.8) is 0 Å². The number of carbonyl (C=O) groups excluding carboxylic acids is 3. The predicted molar refractivity (Wildman–Crippen MR) is 93.2 cm³/mol. The molecule has 7 heteroatoms. The van der Waals surface area contributed by atoms with Crippen LogP contribution in [-0.4, -0.2) is 28.7 Å². The van der Waals surface area contributed by atoms with Gasteiger partial charge in [-0.05, 0) is 37.1 Å². The first-order chi connectivity index (χ1) is 12.0. The van der Waals surface area contributed by atoms with Crippen molar-refractivity contribution in [3.05, 3.63) is 53.7 Å². The Morgan fingerprint density at radius 3 is 2.76 bits per heavy atom. The summed E-state index contributed by atoms with van der Waals surface area (Å²) in [5.74, 6) is -0.475. The third-order valence-electron chi connectivity index (χ3n) is 3.89. The number of nitrogens with one attached hydrogen (secondary N) is 3. The molecule has 0 aliphatic carbocycles. The fraction of sp³-hybridized carbons (Fsp3) is 0.222. The molecule has 1 aromatic heterocycles. The first-order valence-electron chi connectivity index (χ1n) is 7.96. The molecule has 25 heavy (non-hydrogen) atoms. The monoisotopic (exact) mass is 338 g/mol. The number of hydrogen-bond acceptors (Lipinski definition) is 4. The summed E-state index contributed by atoms with van der Waals surface area (Å²) >= 11 is 0. The van der Waals surface area contributed by atoms with E-state index in [4.69, 9.17) is 0 Å². The number of hydrogen-bond donors (Lipinski definition) is 3. The zero-order valence-electron chi connectivity index (χ0n) is 13.7. The van der Waals surface area contributed by atoms with E-state index in [-0.39, 0.29) is 30.6 Å². The third kappa shape index (κ3) is 4.00. The van der Waals surface area contributed by atoms with Crippen LogP contribution in [-0.2, 0) is 9.59 Å². The molecule has 3 N–H and O–H groups in total. The first kappa shape index (κ1) is 16.6. The number of anilines is 2. The van der Waals surface area contributed by atoms with Crippen molar-refractivity contribution in [2.75, 3.05) is 10.6 Å². The fourth-order valence-corrected chi connectivity index (χ4v) is 2.54. The average molecular weight is 338 g/mol. The molecule has 3 amide bonds. The van der Waals surface area contributed by atoms with Crippen molar-refractivity contribution in [3.8, 4) is 0 Å². The number of carbonyl (C=O) groups is 3. The number of para-hydroxylation sites is 1. The normalized spacial score (nSPS) is 16.3. The molecule has 0 fully saturated rings. The highest BCUT2D eigenvalue weighted by Crippen LogP contribution is 2.19. The van der Waals surface area contributed by atoms with Crippen molar-refractivity contribution in [1.82, 2.24) is 10.3 Å². The van der Waals surface area contributed by atoms with Crippen LogP contribution in [0.1, 0.15) is 28.8 Å². The molecule has 0 spiro atoms. The summed E-state index contributed by atoms with van der Waals surface area (Å²) in [6, 6.07) is 9.58. The van der Waals surface area contributed by atoms with E-state index >= 15 is 0 Å². The van der Waals surface area contributed by atoms with Gasteiger partial charge in [0.2, 0.25) is 11.8 Å². The lowest BCUT2D eigenvalue weighted by Crippen LogP contribution is -2.41. The minimum atomic E-state index is -0.767. The second kappa shape index (κ2) is 7.12. The van der Waals surface area contributed by atoms with Crippen LogP contribution in [0, 0.1) is 6.92 Å². The average Bonchev–Trinajstić information content (AvgIpc) is 2.72. The molecule has 1 aliphatic rings. The summed E-state index contributed by atoms with van der Waals surface area (Å²) in [6.07, 6.45) is 1.94. The van der Waals surface area contributed by atoms with Crippen LogP contribution in [0.2, 0.25) is 0 Å². The molecule has 0 unspecified atom stereocenters. The van der Waals surface area contributed by atoms with Crippen LogP contribution in [0.25, 0.3) is 0 Å². The molecule has 0 bridgehead atoms. The Balaban J connectivity index is 1.59. The lowest BCUT2D eigenvalue weighted by Gasteiger charge is -2.14. The van der Waals surface area contributed by atoms with E-state index in [9.17, 15) is 14.4 Å². The molecule has 1 atom stereocenters. The number of benzene rings is 1. The van der Waals surface area contributed by atoms with Crippen LogP contribution in [0.15, 0.2) is 42.6 Å². The number of nitrogens with zero attached hydrogens (tertiary/aromatic N) is 1. The van der Waals surface area contributed by atoms with E-state index in [2.05, 4.69) is 20.9 Å². The smallest absolute Gasteiger partial charge is 0.254 e. The lowest BCUT2D eigenvalue weighted by atomic mass is 10.1. The van der Waals surface area contributed by atoms with Gasteiger partial charge in [-0.25, -0.2) is 4.98 Å². The summed E-state index contributed by atoms with van der Waals surface area (Å²) in [4.78, 5) is 40.6. The number of aromatic nitrogens is 1. The van der Waals surface area contributed by atoms with Crippen LogP contribution >= 0.6 is 0 Å². The molecule has 0 saturated carbocycles. The van der Waals surface area contributed by atoms with Gasteiger partial charge in [-0.2, -0.15) is 0 Å². The Hall–Kier alpha value is -3.22. The predicted octanol–water partition coefficient (Wildman–Crippen LogP) is 1.86. The highest BCUT2D eigenvalue weighted by atomic mass is 16.2. The second-order valence-corrected chi connectivity index (χ2v) is 5.87. The fourth-order valence-electron chi connectivity index (χ4n) is 2.54. The zero-order valence-corrected chi connectivity index (χ0v) is 13.7. The Kier molecular flexibility index (Phi) is 4.74. The quantitative estimate of drug-likeness (QED) is 0.792. The molecule has 0 saturated heterocycles. The topological polar surface area (TPSA) is 100 Å². The van der Waals surface area contributed by atoms with Crippen LogP contribution in [0.5, 0.6) is 0 Å². The van der Waals surface area contributed by atoms with Gasteiger partial charge in [0.1, 0.15) is 11.9 Å². The van der Waals surface area contributed by atoms with E-state index in [1.807, 2.05) is 13.0 Å². The maximum Gasteiger partial charge on any atom is 0.254 e. The molecular formula is C18H18N4O3. The van der Waals surface area contributed by atoms with Gasteiger partial charge in [0.25, 0.3) is 5.91 Å². The summed E-state index contributed by atoms with van der Waals surface area (Å²) in [5.41, 5.74) is 1.88. The first-order valence-corrected chi connectivity index (χ1v) is 7.96. The van der Waals surface area contributed by atoms with Gasteiger partial charge >= 0.3 is 0 Å². The van der Waals surface area contributed by atoms with Crippen molar-refractivity contribution in [1.29, 1.82) is 0 Å². The molecule has 2 heterocycles. The molecule has 128 valence electrons. The molecular weight excluding hydrogens is 320 g/mol. The van der Waals surface area contributed by atoms with E-state index in [0.717, 1.165) is 5.56 Å². The highest BCUT2D eigenvalue weighted by molar-refractivity contribution is 6.09. The Bertz CT molecular complexity index is 817. The minimum Gasteiger partial charge on any atom is -0.340 e. The van der Waals surface area contributed by atoms with Crippen molar-refractivity contribution >= 4 is 29.2 Å². The van der Waals surface area contributed by atoms with Gasteiger partial charge in [-0.1, -0.05) is 18.2 Å². The number of pyridine rings is 1. The Morgan fingerprint density at radius 1 is 1.20 bits per heavy atom. The summed E-state index contributed by atoms with van der Waals surface area (Å²) < 4.78 is 0. The summed E-state index contributed by atoms with van der Waals surface area (Å²) in [5, 5.41) is 8.05. The number of aryl methyl sites for hydroxylation is 1. The zero-order chi connectivity index (χ0) is 17.8. The number of rotatable bonds is 4. The Morgan fingerprint density at radius 2 is 2.00 bits per heavy atom. The summed E-state index contributed by atoms with van der Waals surface area (Å²) in [6.45, 7) is 1.91. The molecule has 1 aliphatic heterocycles. The van der Waals surface area contributed by atoms with Gasteiger partial charge < -0.3 is 16.0 Å². The van der Waals surface area contributed by atoms with Gasteiger partial charge in [-0.15, -0.1) is 0 Å². The van der Waals surface area contributed by atoms with Crippen LogP contribution < -0.4 is 16.0 Å². The van der Waals surface area contributed by atoms with E-state index in [0.29, 0.717) is 17.1 Å². The maximum absolute atomic E-state index is 12.3. The maximum atomic E-state index is 12.3. The van der Waals surface area contributed by atoms with Gasteiger partial charge in [0, 0.05) is 12.6 Å². The van der Waals surface area contributed by atoms with Crippen LogP contribution in [0.3, 0.4) is 0 Å². The van der Waals surface area contributed by atoms with E-state index < -0.39 is 6.04 Å². The number of amides is 3. The van der Waals surface area contributed by atoms with Gasteiger partial charge in [-0.3, -0.25) is 14.4 Å². The largest absolute Gasteiger partial charge is 0.340 e. The lowest BCUT2D eigenvalue weighted by molar-refractivity contribution is -0.118. The summed E-state index contributed by atoms with van der Waals surface area (Å²) in [7, 11) is 0.